The molecule has 21 heavy (non-hydrogen) atoms. The van der Waals surface area contributed by atoms with E-state index in [0.717, 1.165) is 11.0 Å². The Kier molecular flexibility index (Phi) is 3.62. The van der Waals surface area contributed by atoms with E-state index in [9.17, 15) is 4.79 Å². The van der Waals surface area contributed by atoms with Gasteiger partial charge in [-0.05, 0) is 25.1 Å². The van der Waals surface area contributed by atoms with E-state index in [1.807, 2.05) is 37.3 Å². The Morgan fingerprint density at radius 3 is 2.90 bits per heavy atom. The molecule has 1 aromatic carbocycles. The zero-order chi connectivity index (χ0) is 14.8. The van der Waals surface area contributed by atoms with Crippen LogP contribution < -0.4 is 5.32 Å². The zero-order valence-corrected chi connectivity index (χ0v) is 12.1. The number of para-hydroxylation sites is 1. The summed E-state index contributed by atoms with van der Waals surface area (Å²) in [4.78, 5) is 16.1. The van der Waals surface area contributed by atoms with E-state index in [0.29, 0.717) is 16.3 Å². The molecule has 0 fully saturated rings. The largest absolute Gasteiger partial charge is 0.459 e. The number of aromatic nitrogens is 1. The average molecular weight is 301 g/mol. The molecule has 0 radical (unpaired) electrons. The van der Waals surface area contributed by atoms with Crippen molar-refractivity contribution < 1.29 is 9.21 Å². The van der Waals surface area contributed by atoms with Crippen LogP contribution in [0.3, 0.4) is 0 Å². The maximum Gasteiger partial charge on any atom is 0.253 e. The number of benzene rings is 1. The van der Waals surface area contributed by atoms with Crippen molar-refractivity contribution >= 4 is 28.5 Å². The van der Waals surface area contributed by atoms with E-state index < -0.39 is 0 Å². The summed E-state index contributed by atoms with van der Waals surface area (Å²) in [6.07, 6.45) is 2.98. The lowest BCUT2D eigenvalue weighted by Crippen LogP contribution is -2.26. The first-order chi connectivity index (χ1) is 10.1. The van der Waals surface area contributed by atoms with E-state index in [1.165, 1.54) is 12.4 Å². The van der Waals surface area contributed by atoms with E-state index in [2.05, 4.69) is 10.3 Å². The van der Waals surface area contributed by atoms with Crippen molar-refractivity contribution in [3.8, 4) is 0 Å². The van der Waals surface area contributed by atoms with Gasteiger partial charge in [-0.2, -0.15) is 0 Å². The van der Waals surface area contributed by atoms with Crippen LogP contribution >= 0.6 is 11.6 Å². The summed E-state index contributed by atoms with van der Waals surface area (Å²) in [7, 11) is 0. The molecule has 5 heteroatoms. The van der Waals surface area contributed by atoms with Gasteiger partial charge in [0.1, 0.15) is 11.3 Å². The first-order valence-electron chi connectivity index (χ1n) is 6.54. The molecule has 0 spiro atoms. The summed E-state index contributed by atoms with van der Waals surface area (Å²) in [6, 6.07) is 11.0. The summed E-state index contributed by atoms with van der Waals surface area (Å²) >= 11 is 5.97. The highest BCUT2D eigenvalue weighted by Gasteiger charge is 2.16. The highest BCUT2D eigenvalue weighted by atomic mass is 35.5. The fourth-order valence-electron chi connectivity index (χ4n) is 2.12. The average Bonchev–Trinajstić information content (AvgIpc) is 2.91. The predicted molar refractivity (Wildman–Crippen MR) is 81.3 cm³/mol. The molecular weight excluding hydrogens is 288 g/mol. The molecule has 2 heterocycles. The quantitative estimate of drug-likeness (QED) is 0.796. The minimum absolute atomic E-state index is 0.254. The van der Waals surface area contributed by atoms with Gasteiger partial charge in [-0.3, -0.25) is 9.78 Å². The van der Waals surface area contributed by atoms with Crippen LogP contribution in [0, 0.1) is 0 Å². The molecule has 1 amide bonds. The van der Waals surface area contributed by atoms with E-state index in [-0.39, 0.29) is 11.9 Å². The standard InChI is InChI=1S/C16H13ClN2O2/c1-10(15-8-11-4-2-3-5-14(11)21-15)19-16(20)12-6-7-18-9-13(12)17/h2-10H,1H3,(H,19,20). The predicted octanol–water partition coefficient (Wildman–Crippen LogP) is 3.97. The summed E-state index contributed by atoms with van der Waals surface area (Å²) < 4.78 is 5.74. The summed E-state index contributed by atoms with van der Waals surface area (Å²) in [5.41, 5.74) is 1.20. The number of hydrogen-bond donors (Lipinski definition) is 1. The van der Waals surface area contributed by atoms with Gasteiger partial charge in [0.05, 0.1) is 16.6 Å². The maximum atomic E-state index is 12.2. The molecule has 0 saturated heterocycles. The van der Waals surface area contributed by atoms with Gasteiger partial charge in [-0.1, -0.05) is 29.8 Å². The van der Waals surface area contributed by atoms with Crippen molar-refractivity contribution in [2.24, 2.45) is 0 Å². The van der Waals surface area contributed by atoms with Crippen molar-refractivity contribution in [2.45, 2.75) is 13.0 Å². The first kappa shape index (κ1) is 13.6. The third-order valence-electron chi connectivity index (χ3n) is 3.24. The van der Waals surface area contributed by atoms with Gasteiger partial charge in [0, 0.05) is 17.8 Å². The van der Waals surface area contributed by atoms with Gasteiger partial charge in [-0.25, -0.2) is 0 Å². The number of fused-ring (bicyclic) bond motifs is 1. The van der Waals surface area contributed by atoms with E-state index in [1.54, 1.807) is 6.07 Å². The lowest BCUT2D eigenvalue weighted by molar-refractivity contribution is 0.0936. The number of pyridine rings is 1. The van der Waals surface area contributed by atoms with Crippen molar-refractivity contribution in [3.05, 3.63) is 65.1 Å². The Bertz CT molecular complexity index is 765. The molecule has 106 valence electrons. The lowest BCUT2D eigenvalue weighted by atomic mass is 10.2. The maximum absolute atomic E-state index is 12.2. The van der Waals surface area contributed by atoms with Crippen LogP contribution in [0.25, 0.3) is 11.0 Å². The number of nitrogens with zero attached hydrogens (tertiary/aromatic N) is 1. The molecule has 2 aromatic heterocycles. The Labute approximate surface area is 126 Å². The SMILES string of the molecule is CC(NC(=O)c1ccncc1Cl)c1cc2ccccc2o1. The fraction of sp³-hybridized carbons (Fsp3) is 0.125. The van der Waals surface area contributed by atoms with Crippen LogP contribution in [-0.2, 0) is 0 Å². The number of nitrogens with one attached hydrogen (secondary N) is 1. The van der Waals surface area contributed by atoms with Gasteiger partial charge in [0.15, 0.2) is 0 Å². The molecule has 1 unspecified atom stereocenters. The van der Waals surface area contributed by atoms with Crippen LogP contribution in [-0.4, -0.2) is 10.9 Å². The molecule has 0 saturated carbocycles. The second-order valence-corrected chi connectivity index (χ2v) is 5.14. The third-order valence-corrected chi connectivity index (χ3v) is 3.54. The van der Waals surface area contributed by atoms with Crippen molar-refractivity contribution in [1.82, 2.24) is 10.3 Å². The molecule has 4 nitrogen and oxygen atoms in total. The van der Waals surface area contributed by atoms with Gasteiger partial charge in [-0.15, -0.1) is 0 Å². The van der Waals surface area contributed by atoms with Gasteiger partial charge in [0.25, 0.3) is 5.91 Å². The van der Waals surface area contributed by atoms with Gasteiger partial charge in [0.2, 0.25) is 0 Å². The van der Waals surface area contributed by atoms with E-state index in [4.69, 9.17) is 16.0 Å². The number of carbonyl (C=O) groups is 1. The number of hydrogen-bond acceptors (Lipinski definition) is 3. The van der Waals surface area contributed by atoms with Crippen LogP contribution in [0.1, 0.15) is 29.1 Å². The monoisotopic (exact) mass is 300 g/mol. The van der Waals surface area contributed by atoms with Crippen LogP contribution in [0.4, 0.5) is 0 Å². The minimum atomic E-state index is -0.255. The Morgan fingerprint density at radius 2 is 2.14 bits per heavy atom. The molecule has 0 bridgehead atoms. The number of rotatable bonds is 3. The van der Waals surface area contributed by atoms with Crippen molar-refractivity contribution in [1.29, 1.82) is 0 Å². The topological polar surface area (TPSA) is 55.1 Å². The second kappa shape index (κ2) is 5.58. The molecule has 3 aromatic rings. The Morgan fingerprint density at radius 1 is 1.33 bits per heavy atom. The number of amides is 1. The Balaban J connectivity index is 1.81. The summed E-state index contributed by atoms with van der Waals surface area (Å²) in [5, 5.41) is 4.20. The smallest absolute Gasteiger partial charge is 0.253 e. The zero-order valence-electron chi connectivity index (χ0n) is 11.3. The molecule has 1 N–H and O–H groups in total. The molecule has 0 aliphatic heterocycles. The lowest BCUT2D eigenvalue weighted by Gasteiger charge is -2.11. The number of furan rings is 1. The molecule has 1 atom stereocenters. The Hall–Kier alpha value is -2.33. The van der Waals surface area contributed by atoms with Gasteiger partial charge < -0.3 is 9.73 Å². The van der Waals surface area contributed by atoms with Crippen LogP contribution in [0.2, 0.25) is 5.02 Å². The van der Waals surface area contributed by atoms with Crippen molar-refractivity contribution in [3.63, 3.8) is 0 Å². The third kappa shape index (κ3) is 2.76. The highest BCUT2D eigenvalue weighted by Crippen LogP contribution is 2.24. The first-order valence-corrected chi connectivity index (χ1v) is 6.92. The second-order valence-electron chi connectivity index (χ2n) is 4.74. The van der Waals surface area contributed by atoms with Crippen LogP contribution in [0.5, 0.6) is 0 Å². The summed E-state index contributed by atoms with van der Waals surface area (Å²) in [5.74, 6) is 0.449. The minimum Gasteiger partial charge on any atom is -0.459 e. The van der Waals surface area contributed by atoms with E-state index >= 15 is 0 Å². The number of halogens is 1. The number of carbonyl (C=O) groups excluding carboxylic acids is 1. The van der Waals surface area contributed by atoms with Crippen LogP contribution in [0.15, 0.2) is 53.2 Å². The van der Waals surface area contributed by atoms with Gasteiger partial charge >= 0.3 is 0 Å². The molecule has 0 aliphatic rings. The molecular formula is C16H13ClN2O2. The normalized spacial score (nSPS) is 12.3. The molecule has 0 aliphatic carbocycles. The van der Waals surface area contributed by atoms with Crippen molar-refractivity contribution in [2.75, 3.05) is 0 Å². The molecule has 3 rings (SSSR count). The fourth-order valence-corrected chi connectivity index (χ4v) is 2.33. The highest BCUT2D eigenvalue weighted by molar-refractivity contribution is 6.33. The summed E-state index contributed by atoms with van der Waals surface area (Å²) in [6.45, 7) is 1.87.